The van der Waals surface area contributed by atoms with E-state index in [0.29, 0.717) is 12.2 Å². The van der Waals surface area contributed by atoms with Crippen molar-refractivity contribution < 1.29 is 14.3 Å². The minimum atomic E-state index is -0.828. The van der Waals surface area contributed by atoms with E-state index in [2.05, 4.69) is 10.2 Å². The van der Waals surface area contributed by atoms with Gasteiger partial charge in [0.1, 0.15) is 5.76 Å². The monoisotopic (exact) mass is 220 g/mol. The molecule has 0 aliphatic heterocycles. The summed E-state index contributed by atoms with van der Waals surface area (Å²) in [5.74, 6) is -0.113. The highest BCUT2D eigenvalue weighted by atomic mass is 16.4. The molecule has 2 aromatic heterocycles. The number of nitrogens with one attached hydrogen (secondary N) is 1. The van der Waals surface area contributed by atoms with E-state index in [-0.39, 0.29) is 6.42 Å². The minimum Gasteiger partial charge on any atom is -0.481 e. The number of hydrogen-bond donors (Lipinski definition) is 2. The molecule has 2 aromatic rings. The van der Waals surface area contributed by atoms with Crippen molar-refractivity contribution >= 4 is 5.97 Å². The number of furan rings is 1. The maximum atomic E-state index is 10.5. The molecule has 5 nitrogen and oxygen atoms in total. The van der Waals surface area contributed by atoms with Crippen LogP contribution in [-0.2, 0) is 11.2 Å². The van der Waals surface area contributed by atoms with Gasteiger partial charge in [0.05, 0.1) is 23.9 Å². The first-order valence-electron chi connectivity index (χ1n) is 4.98. The second-order valence-electron chi connectivity index (χ2n) is 3.54. The van der Waals surface area contributed by atoms with Crippen LogP contribution in [0, 0.1) is 6.92 Å². The van der Waals surface area contributed by atoms with E-state index in [1.54, 1.807) is 12.3 Å². The van der Waals surface area contributed by atoms with E-state index in [1.807, 2.05) is 13.0 Å². The number of aromatic nitrogens is 2. The zero-order valence-corrected chi connectivity index (χ0v) is 8.86. The molecule has 0 saturated carbocycles. The maximum Gasteiger partial charge on any atom is 0.303 e. The van der Waals surface area contributed by atoms with E-state index in [0.717, 1.165) is 17.0 Å². The molecule has 0 bridgehead atoms. The molecule has 0 radical (unpaired) electrons. The standard InChI is InChI=1S/C11H12N2O3/c1-7-11(9-3-2-6-16-9)8(13-12-7)4-5-10(14)15/h2-3,6H,4-5H2,1H3,(H,12,13)(H,14,15). The van der Waals surface area contributed by atoms with Gasteiger partial charge in [-0.15, -0.1) is 0 Å². The number of nitrogens with zero attached hydrogens (tertiary/aromatic N) is 1. The van der Waals surface area contributed by atoms with Gasteiger partial charge in [0, 0.05) is 12.1 Å². The summed E-state index contributed by atoms with van der Waals surface area (Å²) < 4.78 is 5.30. The molecule has 0 aliphatic rings. The first-order valence-corrected chi connectivity index (χ1v) is 4.98. The normalized spacial score (nSPS) is 10.6. The van der Waals surface area contributed by atoms with Crippen LogP contribution >= 0.6 is 0 Å². The second kappa shape index (κ2) is 4.22. The fourth-order valence-corrected chi connectivity index (χ4v) is 1.63. The molecule has 2 rings (SSSR count). The minimum absolute atomic E-state index is 0.0675. The van der Waals surface area contributed by atoms with Gasteiger partial charge in [0.25, 0.3) is 0 Å². The number of hydrogen-bond acceptors (Lipinski definition) is 3. The number of carboxylic acid groups (broad SMARTS) is 1. The van der Waals surface area contributed by atoms with E-state index < -0.39 is 5.97 Å². The Hall–Kier alpha value is -2.04. The lowest BCUT2D eigenvalue weighted by atomic mass is 10.1. The Kier molecular flexibility index (Phi) is 2.76. The number of aryl methyl sites for hydroxylation is 2. The van der Waals surface area contributed by atoms with Crippen molar-refractivity contribution in [2.45, 2.75) is 19.8 Å². The van der Waals surface area contributed by atoms with Crippen LogP contribution < -0.4 is 0 Å². The molecule has 0 aliphatic carbocycles. The summed E-state index contributed by atoms with van der Waals surface area (Å²) in [6, 6.07) is 3.63. The number of carboxylic acids is 1. The van der Waals surface area contributed by atoms with Crippen LogP contribution in [0.25, 0.3) is 11.3 Å². The summed E-state index contributed by atoms with van der Waals surface area (Å²) in [6.45, 7) is 1.88. The Morgan fingerprint density at radius 2 is 2.44 bits per heavy atom. The molecule has 0 aromatic carbocycles. The van der Waals surface area contributed by atoms with Crippen LogP contribution in [-0.4, -0.2) is 21.3 Å². The summed E-state index contributed by atoms with van der Waals surface area (Å²) in [6.07, 6.45) is 2.05. The Labute approximate surface area is 92.1 Å². The number of H-pyrrole nitrogens is 1. The third-order valence-corrected chi connectivity index (χ3v) is 2.37. The van der Waals surface area contributed by atoms with Crippen molar-refractivity contribution in [3.05, 3.63) is 29.8 Å². The summed E-state index contributed by atoms with van der Waals surface area (Å²) in [5.41, 5.74) is 2.48. The Morgan fingerprint density at radius 1 is 1.62 bits per heavy atom. The molecular formula is C11H12N2O3. The quantitative estimate of drug-likeness (QED) is 0.825. The van der Waals surface area contributed by atoms with Gasteiger partial charge in [-0.25, -0.2) is 0 Å². The van der Waals surface area contributed by atoms with Gasteiger partial charge >= 0.3 is 5.97 Å². The molecule has 84 valence electrons. The van der Waals surface area contributed by atoms with Crippen molar-refractivity contribution in [3.8, 4) is 11.3 Å². The zero-order valence-electron chi connectivity index (χ0n) is 8.86. The molecule has 0 atom stereocenters. The molecule has 5 heteroatoms. The third kappa shape index (κ3) is 1.98. The van der Waals surface area contributed by atoms with Crippen molar-refractivity contribution in [1.82, 2.24) is 10.2 Å². The lowest BCUT2D eigenvalue weighted by molar-refractivity contribution is -0.136. The first kappa shape index (κ1) is 10.5. The summed E-state index contributed by atoms with van der Waals surface area (Å²) >= 11 is 0. The van der Waals surface area contributed by atoms with E-state index in [1.165, 1.54) is 0 Å². The van der Waals surface area contributed by atoms with Gasteiger partial charge < -0.3 is 9.52 Å². The Morgan fingerprint density at radius 3 is 3.06 bits per heavy atom. The summed E-state index contributed by atoms with van der Waals surface area (Å²) in [7, 11) is 0. The highest BCUT2D eigenvalue weighted by Gasteiger charge is 2.15. The van der Waals surface area contributed by atoms with Crippen molar-refractivity contribution in [2.75, 3.05) is 0 Å². The number of aromatic amines is 1. The SMILES string of the molecule is Cc1[nH]nc(CCC(=O)O)c1-c1ccco1. The van der Waals surface area contributed by atoms with Crippen LogP contribution in [0.15, 0.2) is 22.8 Å². The van der Waals surface area contributed by atoms with Crippen LogP contribution in [0.3, 0.4) is 0 Å². The number of carbonyl (C=O) groups is 1. The molecule has 2 heterocycles. The Bertz CT molecular complexity index is 485. The van der Waals surface area contributed by atoms with Crippen LogP contribution in [0.5, 0.6) is 0 Å². The topological polar surface area (TPSA) is 79.1 Å². The van der Waals surface area contributed by atoms with E-state index >= 15 is 0 Å². The van der Waals surface area contributed by atoms with Gasteiger partial charge in [-0.05, 0) is 19.1 Å². The second-order valence-corrected chi connectivity index (χ2v) is 3.54. The van der Waals surface area contributed by atoms with Crippen LogP contribution in [0.4, 0.5) is 0 Å². The summed E-state index contributed by atoms with van der Waals surface area (Å²) in [5, 5.41) is 15.6. The molecule has 0 saturated heterocycles. The number of rotatable bonds is 4. The average molecular weight is 220 g/mol. The molecule has 16 heavy (non-hydrogen) atoms. The predicted octanol–water partition coefficient (Wildman–Crippen LogP) is 2.00. The molecule has 0 amide bonds. The van der Waals surface area contributed by atoms with Crippen LogP contribution in [0.2, 0.25) is 0 Å². The van der Waals surface area contributed by atoms with Crippen molar-refractivity contribution in [1.29, 1.82) is 0 Å². The Balaban J connectivity index is 2.29. The largest absolute Gasteiger partial charge is 0.481 e. The van der Waals surface area contributed by atoms with Gasteiger partial charge in [0.15, 0.2) is 0 Å². The summed E-state index contributed by atoms with van der Waals surface area (Å²) in [4.78, 5) is 10.5. The smallest absolute Gasteiger partial charge is 0.303 e. The fraction of sp³-hybridized carbons (Fsp3) is 0.273. The molecule has 0 spiro atoms. The first-order chi connectivity index (χ1) is 7.68. The average Bonchev–Trinajstić information content (AvgIpc) is 2.83. The van der Waals surface area contributed by atoms with Crippen LogP contribution in [0.1, 0.15) is 17.8 Å². The van der Waals surface area contributed by atoms with Gasteiger partial charge in [0.2, 0.25) is 0 Å². The predicted molar refractivity (Wildman–Crippen MR) is 57.0 cm³/mol. The lowest BCUT2D eigenvalue weighted by Gasteiger charge is -1.98. The van der Waals surface area contributed by atoms with Gasteiger partial charge in [-0.1, -0.05) is 0 Å². The lowest BCUT2D eigenvalue weighted by Crippen LogP contribution is -1.98. The van der Waals surface area contributed by atoms with E-state index in [4.69, 9.17) is 9.52 Å². The maximum absolute atomic E-state index is 10.5. The fourth-order valence-electron chi connectivity index (χ4n) is 1.63. The molecular weight excluding hydrogens is 208 g/mol. The number of aliphatic carboxylic acids is 1. The van der Waals surface area contributed by atoms with Crippen molar-refractivity contribution in [2.24, 2.45) is 0 Å². The zero-order chi connectivity index (χ0) is 11.5. The highest BCUT2D eigenvalue weighted by Crippen LogP contribution is 2.26. The van der Waals surface area contributed by atoms with Crippen molar-refractivity contribution in [3.63, 3.8) is 0 Å². The van der Waals surface area contributed by atoms with Gasteiger partial charge in [-0.2, -0.15) is 5.10 Å². The highest BCUT2D eigenvalue weighted by molar-refractivity contribution is 5.68. The van der Waals surface area contributed by atoms with E-state index in [9.17, 15) is 4.79 Å². The third-order valence-electron chi connectivity index (χ3n) is 2.37. The molecule has 0 unspecified atom stereocenters. The molecule has 2 N–H and O–H groups in total. The van der Waals surface area contributed by atoms with Gasteiger partial charge in [-0.3, -0.25) is 9.89 Å². The molecule has 0 fully saturated rings.